The molecule has 1 aliphatic heterocycles. The zero-order chi connectivity index (χ0) is 17.5. The van der Waals surface area contributed by atoms with Crippen LogP contribution in [0.3, 0.4) is 0 Å². The number of carbonyl (C=O) groups is 1. The third-order valence-electron chi connectivity index (χ3n) is 4.34. The highest BCUT2D eigenvalue weighted by Crippen LogP contribution is 2.31. The number of nitrogens with one attached hydrogen (secondary N) is 2. The van der Waals surface area contributed by atoms with Crippen molar-refractivity contribution < 1.29 is 4.79 Å². The lowest BCUT2D eigenvalue weighted by atomic mass is 9.90. The standard InChI is InChI=1S/C17H18N6O/c1-17(9-15(24)22(2)16(19)20-17)14-8-13(21-23(14)3)12-6-4-5-11(7-12)10-18/h4-8H,9H2,1-3H3,(H2,19,20)/t17-/m0/s1. The van der Waals surface area contributed by atoms with Crippen molar-refractivity contribution >= 4 is 11.9 Å². The van der Waals surface area contributed by atoms with E-state index in [1.807, 2.05) is 32.2 Å². The first-order valence-corrected chi connectivity index (χ1v) is 7.52. The van der Waals surface area contributed by atoms with Gasteiger partial charge in [0.1, 0.15) is 0 Å². The molecule has 0 radical (unpaired) electrons. The number of nitriles is 1. The van der Waals surface area contributed by atoms with E-state index in [1.165, 1.54) is 4.90 Å². The predicted molar refractivity (Wildman–Crippen MR) is 89.0 cm³/mol. The molecule has 0 unspecified atom stereocenters. The smallest absolute Gasteiger partial charge is 0.231 e. The first-order chi connectivity index (χ1) is 11.3. The van der Waals surface area contributed by atoms with Crippen LogP contribution in [0.2, 0.25) is 0 Å². The summed E-state index contributed by atoms with van der Waals surface area (Å²) in [5, 5.41) is 24.6. The van der Waals surface area contributed by atoms with Crippen LogP contribution in [-0.4, -0.2) is 33.6 Å². The largest absolute Gasteiger partial charge is 0.345 e. The topological polar surface area (TPSA) is 97.8 Å². The van der Waals surface area contributed by atoms with Gasteiger partial charge in [-0.2, -0.15) is 10.4 Å². The van der Waals surface area contributed by atoms with Crippen LogP contribution in [0.5, 0.6) is 0 Å². The van der Waals surface area contributed by atoms with E-state index < -0.39 is 5.54 Å². The van der Waals surface area contributed by atoms with E-state index in [2.05, 4.69) is 16.5 Å². The molecule has 7 nitrogen and oxygen atoms in total. The second-order valence-corrected chi connectivity index (χ2v) is 6.17. The number of aryl methyl sites for hydroxylation is 1. The second kappa shape index (κ2) is 5.49. The van der Waals surface area contributed by atoms with Crippen molar-refractivity contribution in [1.29, 1.82) is 10.7 Å². The monoisotopic (exact) mass is 322 g/mol. The number of rotatable bonds is 2. The highest BCUT2D eigenvalue weighted by molar-refractivity contribution is 5.98. The maximum atomic E-state index is 12.1. The highest BCUT2D eigenvalue weighted by atomic mass is 16.2. The number of nitrogens with zero attached hydrogens (tertiary/aromatic N) is 4. The number of carbonyl (C=O) groups excluding carboxylic acids is 1. The minimum Gasteiger partial charge on any atom is -0.345 e. The van der Waals surface area contributed by atoms with Gasteiger partial charge in [0.25, 0.3) is 0 Å². The quantitative estimate of drug-likeness (QED) is 0.876. The molecule has 122 valence electrons. The molecule has 2 aromatic rings. The first-order valence-electron chi connectivity index (χ1n) is 7.52. The van der Waals surface area contributed by atoms with Crippen LogP contribution in [0.15, 0.2) is 30.3 Å². The molecule has 0 saturated carbocycles. The van der Waals surface area contributed by atoms with Gasteiger partial charge in [0.15, 0.2) is 5.96 Å². The average Bonchev–Trinajstić information content (AvgIpc) is 2.95. The molecule has 24 heavy (non-hydrogen) atoms. The molecule has 2 heterocycles. The van der Waals surface area contributed by atoms with Crippen LogP contribution in [0.1, 0.15) is 24.6 Å². The Morgan fingerprint density at radius 2 is 2.12 bits per heavy atom. The molecule has 2 N–H and O–H groups in total. The van der Waals surface area contributed by atoms with E-state index in [9.17, 15) is 4.79 Å². The van der Waals surface area contributed by atoms with Crippen LogP contribution >= 0.6 is 0 Å². The molecule has 1 fully saturated rings. The summed E-state index contributed by atoms with van der Waals surface area (Å²) in [5.74, 6) is -0.0431. The Balaban J connectivity index is 2.01. The lowest BCUT2D eigenvalue weighted by Gasteiger charge is -2.39. The molecule has 7 heteroatoms. The van der Waals surface area contributed by atoms with Crippen molar-refractivity contribution in [3.63, 3.8) is 0 Å². The van der Waals surface area contributed by atoms with Gasteiger partial charge in [0.2, 0.25) is 5.91 Å². The Kier molecular flexibility index (Phi) is 3.60. The summed E-state index contributed by atoms with van der Waals surface area (Å²) in [7, 11) is 3.39. The molecule has 0 aliphatic carbocycles. The van der Waals surface area contributed by atoms with Gasteiger partial charge >= 0.3 is 0 Å². The molecule has 1 aromatic carbocycles. The molecular weight excluding hydrogens is 304 g/mol. The van der Waals surface area contributed by atoms with E-state index in [0.717, 1.165) is 17.0 Å². The number of aromatic nitrogens is 2. The fraction of sp³-hybridized carbons (Fsp3) is 0.294. The minimum absolute atomic E-state index is 0.0722. The number of guanidine groups is 1. The van der Waals surface area contributed by atoms with Crippen LogP contribution in [-0.2, 0) is 17.4 Å². The van der Waals surface area contributed by atoms with Gasteiger partial charge in [-0.15, -0.1) is 0 Å². The van der Waals surface area contributed by atoms with E-state index in [4.69, 9.17) is 10.7 Å². The van der Waals surface area contributed by atoms with Crippen LogP contribution in [0, 0.1) is 16.7 Å². The normalized spacial score (nSPS) is 20.7. The molecular formula is C17H18N6O. The third-order valence-corrected chi connectivity index (χ3v) is 4.34. The van der Waals surface area contributed by atoms with Gasteiger partial charge < -0.3 is 5.32 Å². The molecule has 1 atom stereocenters. The van der Waals surface area contributed by atoms with Crippen molar-refractivity contribution in [3.05, 3.63) is 41.6 Å². The lowest BCUT2D eigenvalue weighted by molar-refractivity contribution is -0.129. The SMILES string of the molecule is CN1C(=N)N[C@](C)(c2cc(-c3cccc(C#N)c3)nn2C)CC1=O. The average molecular weight is 322 g/mol. The molecule has 1 aliphatic rings. The zero-order valence-corrected chi connectivity index (χ0v) is 13.8. The number of benzene rings is 1. The lowest BCUT2D eigenvalue weighted by Crippen LogP contribution is -2.58. The maximum Gasteiger partial charge on any atom is 0.231 e. The Morgan fingerprint density at radius 1 is 1.38 bits per heavy atom. The van der Waals surface area contributed by atoms with Crippen LogP contribution in [0.4, 0.5) is 0 Å². The Morgan fingerprint density at radius 3 is 2.79 bits per heavy atom. The van der Waals surface area contributed by atoms with Gasteiger partial charge in [0, 0.05) is 19.7 Å². The fourth-order valence-corrected chi connectivity index (χ4v) is 2.96. The van der Waals surface area contributed by atoms with E-state index in [1.54, 1.807) is 23.9 Å². The summed E-state index contributed by atoms with van der Waals surface area (Å²) in [5.41, 5.74) is 2.25. The second-order valence-electron chi connectivity index (χ2n) is 6.17. The molecule has 0 spiro atoms. The van der Waals surface area contributed by atoms with Crippen molar-refractivity contribution in [3.8, 4) is 17.3 Å². The molecule has 1 aromatic heterocycles. The zero-order valence-electron chi connectivity index (χ0n) is 13.8. The Bertz CT molecular complexity index is 857. The third kappa shape index (κ3) is 2.52. The maximum absolute atomic E-state index is 12.1. The summed E-state index contributed by atoms with van der Waals surface area (Å²) in [4.78, 5) is 13.4. The van der Waals surface area contributed by atoms with Gasteiger partial charge in [-0.1, -0.05) is 12.1 Å². The van der Waals surface area contributed by atoms with Crippen molar-refractivity contribution in [2.24, 2.45) is 7.05 Å². The van der Waals surface area contributed by atoms with Gasteiger partial charge in [-0.25, -0.2) is 0 Å². The minimum atomic E-state index is -0.701. The summed E-state index contributed by atoms with van der Waals surface area (Å²) >= 11 is 0. The van der Waals surface area contributed by atoms with Crippen LogP contribution in [0.25, 0.3) is 11.3 Å². The number of hydrogen-bond acceptors (Lipinski definition) is 4. The van der Waals surface area contributed by atoms with Crippen molar-refractivity contribution in [1.82, 2.24) is 20.0 Å². The van der Waals surface area contributed by atoms with Gasteiger partial charge in [0.05, 0.1) is 35.0 Å². The number of amides is 1. The van der Waals surface area contributed by atoms with E-state index >= 15 is 0 Å². The molecule has 0 bridgehead atoms. The molecule has 1 saturated heterocycles. The van der Waals surface area contributed by atoms with Crippen molar-refractivity contribution in [2.75, 3.05) is 7.05 Å². The predicted octanol–water partition coefficient (Wildman–Crippen LogP) is 1.56. The number of hydrogen-bond donors (Lipinski definition) is 2. The van der Waals surface area contributed by atoms with E-state index in [0.29, 0.717) is 5.56 Å². The molecule has 3 rings (SSSR count). The summed E-state index contributed by atoms with van der Waals surface area (Å²) in [6.07, 6.45) is 0.239. The summed E-state index contributed by atoms with van der Waals surface area (Å²) in [6.45, 7) is 1.89. The van der Waals surface area contributed by atoms with Crippen molar-refractivity contribution in [2.45, 2.75) is 18.9 Å². The van der Waals surface area contributed by atoms with E-state index in [-0.39, 0.29) is 18.3 Å². The van der Waals surface area contributed by atoms with Crippen LogP contribution < -0.4 is 5.32 Å². The molecule has 1 amide bonds. The van der Waals surface area contributed by atoms with Gasteiger partial charge in [-0.05, 0) is 25.1 Å². The van der Waals surface area contributed by atoms with Gasteiger partial charge in [-0.3, -0.25) is 19.8 Å². The highest BCUT2D eigenvalue weighted by Gasteiger charge is 2.40. The Labute approximate surface area is 140 Å². The first kappa shape index (κ1) is 15.7. The summed E-state index contributed by atoms with van der Waals surface area (Å²) in [6, 6.07) is 11.3. The summed E-state index contributed by atoms with van der Waals surface area (Å²) < 4.78 is 1.72. The Hall–Kier alpha value is -3.14. The fourth-order valence-electron chi connectivity index (χ4n) is 2.96.